The van der Waals surface area contributed by atoms with Crippen molar-refractivity contribution >= 4 is 11.6 Å². The van der Waals surface area contributed by atoms with E-state index in [0.29, 0.717) is 11.6 Å². The summed E-state index contributed by atoms with van der Waals surface area (Å²) in [7, 11) is 0. The first-order valence-electron chi connectivity index (χ1n) is 8.68. The minimum atomic E-state index is -0.151. The molecular weight excluding hydrogens is 310 g/mol. The van der Waals surface area contributed by atoms with Crippen LogP contribution in [0.4, 0.5) is 5.69 Å². The molecule has 0 unspecified atom stereocenters. The summed E-state index contributed by atoms with van der Waals surface area (Å²) in [6.07, 6.45) is 3.85. The second-order valence-corrected chi connectivity index (χ2v) is 6.66. The molecule has 1 aliphatic heterocycles. The van der Waals surface area contributed by atoms with Crippen LogP contribution in [0.2, 0.25) is 0 Å². The molecule has 0 aliphatic carbocycles. The van der Waals surface area contributed by atoms with Gasteiger partial charge in [-0.25, -0.2) is 4.98 Å². The smallest absolute Gasteiger partial charge is 0.275 e. The maximum absolute atomic E-state index is 12.5. The van der Waals surface area contributed by atoms with Crippen LogP contribution < -0.4 is 5.32 Å². The lowest BCUT2D eigenvalue weighted by Crippen LogP contribution is -2.18. The molecule has 0 saturated heterocycles. The molecule has 0 radical (unpaired) electrons. The highest BCUT2D eigenvalue weighted by Gasteiger charge is 2.23. The molecule has 1 amide bonds. The van der Waals surface area contributed by atoms with E-state index in [-0.39, 0.29) is 5.91 Å². The van der Waals surface area contributed by atoms with Crippen molar-refractivity contribution in [1.82, 2.24) is 9.55 Å². The van der Waals surface area contributed by atoms with Gasteiger partial charge in [0.15, 0.2) is 0 Å². The van der Waals surface area contributed by atoms with E-state index in [1.165, 1.54) is 11.1 Å². The first kappa shape index (κ1) is 15.6. The number of nitrogens with zero attached hydrogens (tertiary/aromatic N) is 2. The maximum atomic E-state index is 12.5. The SMILES string of the molecule is Cc1ccc(NC(=O)c2cn3c(n2)CC[C@H](c2ccccc2)C3)cc1. The summed E-state index contributed by atoms with van der Waals surface area (Å²) in [6, 6.07) is 18.4. The van der Waals surface area contributed by atoms with Crippen LogP contribution >= 0.6 is 0 Å². The molecule has 4 rings (SSSR count). The predicted octanol–water partition coefficient (Wildman–Crippen LogP) is 4.17. The molecule has 4 nitrogen and oxygen atoms in total. The van der Waals surface area contributed by atoms with E-state index in [4.69, 9.17) is 0 Å². The largest absolute Gasteiger partial charge is 0.333 e. The highest BCUT2D eigenvalue weighted by atomic mass is 16.1. The van der Waals surface area contributed by atoms with Gasteiger partial charge >= 0.3 is 0 Å². The van der Waals surface area contributed by atoms with Crippen molar-refractivity contribution in [2.45, 2.75) is 32.2 Å². The fourth-order valence-corrected chi connectivity index (χ4v) is 3.38. The zero-order valence-corrected chi connectivity index (χ0v) is 14.3. The van der Waals surface area contributed by atoms with Crippen molar-refractivity contribution in [1.29, 1.82) is 0 Å². The van der Waals surface area contributed by atoms with Crippen molar-refractivity contribution in [2.75, 3.05) is 5.32 Å². The third-order valence-electron chi connectivity index (χ3n) is 4.81. The molecule has 1 aliphatic rings. The highest BCUT2D eigenvalue weighted by molar-refractivity contribution is 6.02. The van der Waals surface area contributed by atoms with Crippen LogP contribution in [-0.2, 0) is 13.0 Å². The molecule has 0 fully saturated rings. The van der Waals surface area contributed by atoms with Gasteiger partial charge in [-0.15, -0.1) is 0 Å². The van der Waals surface area contributed by atoms with Crippen LogP contribution in [0.5, 0.6) is 0 Å². The molecule has 1 N–H and O–H groups in total. The second kappa shape index (κ2) is 6.55. The minimum absolute atomic E-state index is 0.151. The number of imidazole rings is 1. The molecular formula is C21H21N3O. The van der Waals surface area contributed by atoms with Crippen LogP contribution in [0.1, 0.15) is 39.8 Å². The van der Waals surface area contributed by atoms with E-state index in [0.717, 1.165) is 30.9 Å². The molecule has 0 spiro atoms. The Morgan fingerprint density at radius 2 is 1.88 bits per heavy atom. The predicted molar refractivity (Wildman–Crippen MR) is 98.9 cm³/mol. The topological polar surface area (TPSA) is 46.9 Å². The molecule has 4 heteroatoms. The number of rotatable bonds is 3. The molecule has 0 bridgehead atoms. The number of carbonyl (C=O) groups is 1. The number of amides is 1. The Bertz CT molecular complexity index is 881. The zero-order valence-electron chi connectivity index (χ0n) is 14.3. The number of hydrogen-bond acceptors (Lipinski definition) is 2. The Balaban J connectivity index is 1.50. The van der Waals surface area contributed by atoms with Gasteiger partial charge in [-0.2, -0.15) is 0 Å². The van der Waals surface area contributed by atoms with E-state index in [2.05, 4.69) is 39.1 Å². The van der Waals surface area contributed by atoms with Gasteiger partial charge in [0.2, 0.25) is 0 Å². The number of fused-ring (bicyclic) bond motifs is 1. The van der Waals surface area contributed by atoms with Crippen LogP contribution in [0.3, 0.4) is 0 Å². The van der Waals surface area contributed by atoms with Crippen molar-refractivity contribution < 1.29 is 4.79 Å². The summed E-state index contributed by atoms with van der Waals surface area (Å²) in [4.78, 5) is 17.0. The Labute approximate surface area is 147 Å². The Hall–Kier alpha value is -2.88. The molecule has 25 heavy (non-hydrogen) atoms. The van der Waals surface area contributed by atoms with Gasteiger partial charge in [0.1, 0.15) is 11.5 Å². The molecule has 3 aromatic rings. The minimum Gasteiger partial charge on any atom is -0.333 e. The van der Waals surface area contributed by atoms with Crippen molar-refractivity contribution in [2.24, 2.45) is 0 Å². The van der Waals surface area contributed by atoms with Crippen LogP contribution in [-0.4, -0.2) is 15.5 Å². The number of aromatic nitrogens is 2. The average Bonchev–Trinajstić information content (AvgIpc) is 3.08. The normalized spacial score (nSPS) is 16.3. The van der Waals surface area contributed by atoms with Crippen molar-refractivity contribution in [3.05, 3.63) is 83.4 Å². The summed E-state index contributed by atoms with van der Waals surface area (Å²) in [5, 5.41) is 2.92. The van der Waals surface area contributed by atoms with Gasteiger partial charge in [0.05, 0.1) is 0 Å². The standard InChI is InChI=1S/C21H21N3O/c1-15-7-10-18(11-8-15)22-21(25)19-14-24-13-17(9-12-20(24)23-19)16-5-3-2-4-6-16/h2-8,10-11,14,17H,9,12-13H2,1H3,(H,22,25)/t17-/m0/s1. The number of hydrogen-bond donors (Lipinski definition) is 1. The Morgan fingerprint density at radius 3 is 2.64 bits per heavy atom. The summed E-state index contributed by atoms with van der Waals surface area (Å²) >= 11 is 0. The van der Waals surface area contributed by atoms with Crippen LogP contribution in [0, 0.1) is 6.92 Å². The number of carbonyl (C=O) groups excluding carboxylic acids is 1. The van der Waals surface area contributed by atoms with Crippen LogP contribution in [0.25, 0.3) is 0 Å². The third-order valence-corrected chi connectivity index (χ3v) is 4.81. The fourth-order valence-electron chi connectivity index (χ4n) is 3.38. The van der Waals surface area contributed by atoms with Gasteiger partial charge in [0, 0.05) is 30.8 Å². The lowest BCUT2D eigenvalue weighted by atomic mass is 9.92. The third kappa shape index (κ3) is 3.33. The van der Waals surface area contributed by atoms with E-state index < -0.39 is 0 Å². The number of nitrogens with one attached hydrogen (secondary N) is 1. The van der Waals surface area contributed by atoms with Crippen molar-refractivity contribution in [3.63, 3.8) is 0 Å². The van der Waals surface area contributed by atoms with Gasteiger partial charge in [-0.3, -0.25) is 4.79 Å². The molecule has 126 valence electrons. The fraction of sp³-hybridized carbons (Fsp3) is 0.238. The first-order valence-corrected chi connectivity index (χ1v) is 8.68. The summed E-state index contributed by atoms with van der Waals surface area (Å²) in [5.41, 5.74) is 3.81. The van der Waals surface area contributed by atoms with Crippen molar-refractivity contribution in [3.8, 4) is 0 Å². The van der Waals surface area contributed by atoms with Crippen LogP contribution in [0.15, 0.2) is 60.8 Å². The van der Waals surface area contributed by atoms with E-state index in [1.807, 2.05) is 43.5 Å². The zero-order chi connectivity index (χ0) is 17.2. The van der Waals surface area contributed by atoms with E-state index >= 15 is 0 Å². The summed E-state index contributed by atoms with van der Waals surface area (Å²) in [6.45, 7) is 2.91. The Morgan fingerprint density at radius 1 is 1.12 bits per heavy atom. The van der Waals surface area contributed by atoms with Gasteiger partial charge in [-0.1, -0.05) is 48.0 Å². The first-order chi connectivity index (χ1) is 12.2. The molecule has 1 aromatic heterocycles. The lowest BCUT2D eigenvalue weighted by molar-refractivity contribution is 0.102. The number of benzene rings is 2. The average molecular weight is 331 g/mol. The molecule has 2 heterocycles. The Kier molecular flexibility index (Phi) is 4.10. The molecule has 2 aromatic carbocycles. The highest BCUT2D eigenvalue weighted by Crippen LogP contribution is 2.28. The molecule has 0 saturated carbocycles. The second-order valence-electron chi connectivity index (χ2n) is 6.66. The molecule has 1 atom stereocenters. The van der Waals surface area contributed by atoms with E-state index in [9.17, 15) is 4.79 Å². The van der Waals surface area contributed by atoms with Gasteiger partial charge in [-0.05, 0) is 31.0 Å². The van der Waals surface area contributed by atoms with Gasteiger partial charge < -0.3 is 9.88 Å². The van der Waals surface area contributed by atoms with Gasteiger partial charge in [0.25, 0.3) is 5.91 Å². The monoisotopic (exact) mass is 331 g/mol. The lowest BCUT2D eigenvalue weighted by Gasteiger charge is -2.23. The van der Waals surface area contributed by atoms with E-state index in [1.54, 1.807) is 0 Å². The number of anilines is 1. The maximum Gasteiger partial charge on any atom is 0.275 e. The quantitative estimate of drug-likeness (QED) is 0.783. The summed E-state index contributed by atoms with van der Waals surface area (Å²) < 4.78 is 2.13. The number of aryl methyl sites for hydroxylation is 2. The summed E-state index contributed by atoms with van der Waals surface area (Å²) in [5.74, 6) is 1.33.